The van der Waals surface area contributed by atoms with E-state index in [2.05, 4.69) is 69.1 Å². The van der Waals surface area contributed by atoms with E-state index in [-0.39, 0.29) is 7.92 Å². The molecule has 1 aromatic rings. The lowest BCUT2D eigenvalue weighted by Gasteiger charge is -2.27. The molecule has 1 aliphatic rings. The molecule has 1 atom stereocenters. The normalized spacial score (nSPS) is 20.6. The summed E-state index contributed by atoms with van der Waals surface area (Å²) in [5.74, 6) is 0. The van der Waals surface area contributed by atoms with Gasteiger partial charge >= 0.3 is 0 Å². The molecule has 0 amide bonds. The van der Waals surface area contributed by atoms with Gasteiger partial charge in [0.1, 0.15) is 0 Å². The molecule has 5 radical (unpaired) electrons. The lowest BCUT2D eigenvalue weighted by molar-refractivity contribution is 1.07. The monoisotopic (exact) mass is 201 g/mol. The molecule has 2 rings (SSSR count). The van der Waals surface area contributed by atoms with Crippen molar-refractivity contribution in [1.29, 1.82) is 0 Å². The van der Waals surface area contributed by atoms with Crippen LogP contribution in [0.25, 0.3) is 0 Å². The standard InChI is InChI=1S/C13H14P/c1-14(12-8-4-2-5-9-12)13-10-6-3-7-11-13/h2-12H,1H3. The Morgan fingerprint density at radius 3 is 2.21 bits per heavy atom. The van der Waals surface area contributed by atoms with E-state index in [4.69, 9.17) is 0 Å². The third-order valence-electron chi connectivity index (χ3n) is 2.45. The zero-order chi connectivity index (χ0) is 9.80. The van der Waals surface area contributed by atoms with Gasteiger partial charge in [-0.25, -0.2) is 0 Å². The maximum atomic E-state index is 2.34. The first-order valence-corrected chi connectivity index (χ1v) is 6.70. The fourth-order valence-corrected chi connectivity index (χ4v) is 3.28. The molecular formula is C13H14P. The Morgan fingerprint density at radius 2 is 1.57 bits per heavy atom. The van der Waals surface area contributed by atoms with Crippen LogP contribution in [0.5, 0.6) is 0 Å². The highest BCUT2D eigenvalue weighted by Crippen LogP contribution is 2.41. The summed E-state index contributed by atoms with van der Waals surface area (Å²) in [6.45, 7) is 2.34. The summed E-state index contributed by atoms with van der Waals surface area (Å²) in [6, 6.07) is 10.8. The van der Waals surface area contributed by atoms with Gasteiger partial charge in [0.05, 0.1) is 0 Å². The number of hydrogen-bond acceptors (Lipinski definition) is 0. The van der Waals surface area contributed by atoms with Gasteiger partial charge in [-0.3, -0.25) is 0 Å². The van der Waals surface area contributed by atoms with Crippen LogP contribution in [0.4, 0.5) is 0 Å². The van der Waals surface area contributed by atoms with Crippen LogP contribution in [0, 0.1) is 32.1 Å². The van der Waals surface area contributed by atoms with Gasteiger partial charge in [-0.15, -0.1) is 0 Å². The Morgan fingerprint density at radius 1 is 0.929 bits per heavy atom. The fourth-order valence-electron chi connectivity index (χ4n) is 1.58. The van der Waals surface area contributed by atoms with Gasteiger partial charge in [-0.05, 0) is 49.7 Å². The van der Waals surface area contributed by atoms with E-state index < -0.39 is 0 Å². The van der Waals surface area contributed by atoms with Crippen LogP contribution in [0.1, 0.15) is 0 Å². The molecule has 71 valence electrons. The van der Waals surface area contributed by atoms with Crippen molar-refractivity contribution < 1.29 is 0 Å². The highest BCUT2D eigenvalue weighted by Gasteiger charge is 2.21. The second kappa shape index (κ2) is 4.94. The highest BCUT2D eigenvalue weighted by atomic mass is 31.1. The Kier molecular flexibility index (Phi) is 3.59. The van der Waals surface area contributed by atoms with Gasteiger partial charge in [0.25, 0.3) is 0 Å². The van der Waals surface area contributed by atoms with Crippen molar-refractivity contribution in [3.63, 3.8) is 0 Å². The van der Waals surface area contributed by atoms with Crippen molar-refractivity contribution in [2.45, 2.75) is 5.66 Å². The molecule has 1 fully saturated rings. The average Bonchev–Trinajstić information content (AvgIpc) is 2.30. The van der Waals surface area contributed by atoms with Gasteiger partial charge in [-0.2, -0.15) is 0 Å². The molecule has 1 aromatic carbocycles. The molecule has 0 saturated heterocycles. The second-order valence-electron chi connectivity index (χ2n) is 3.40. The minimum atomic E-state index is -0.0874. The Bertz CT molecular complexity index is 262. The van der Waals surface area contributed by atoms with Crippen LogP contribution < -0.4 is 5.30 Å². The van der Waals surface area contributed by atoms with E-state index in [0.717, 1.165) is 0 Å². The molecule has 1 unspecified atom stereocenters. The molecule has 1 aliphatic carbocycles. The maximum Gasteiger partial charge on any atom is -0.0103 e. The lowest BCUT2D eigenvalue weighted by atomic mass is 10.0. The highest BCUT2D eigenvalue weighted by molar-refractivity contribution is 7.65. The molecule has 14 heavy (non-hydrogen) atoms. The molecular weight excluding hydrogens is 187 g/mol. The van der Waals surface area contributed by atoms with Gasteiger partial charge < -0.3 is 0 Å². The summed E-state index contributed by atoms with van der Waals surface area (Å²) in [4.78, 5) is 0. The molecule has 1 heteroatoms. The molecule has 0 spiro atoms. The van der Waals surface area contributed by atoms with E-state index in [1.807, 2.05) is 0 Å². The Balaban J connectivity index is 2.03. The van der Waals surface area contributed by atoms with Crippen LogP contribution in [0.2, 0.25) is 0 Å². The van der Waals surface area contributed by atoms with E-state index >= 15 is 0 Å². The van der Waals surface area contributed by atoms with Crippen LogP contribution >= 0.6 is 7.92 Å². The Labute approximate surface area is 88.5 Å². The molecule has 0 nitrogen and oxygen atoms in total. The van der Waals surface area contributed by atoms with Crippen molar-refractivity contribution >= 4 is 13.2 Å². The van der Waals surface area contributed by atoms with Gasteiger partial charge in [-0.1, -0.05) is 38.3 Å². The van der Waals surface area contributed by atoms with Crippen LogP contribution in [0.15, 0.2) is 30.3 Å². The molecule has 0 bridgehead atoms. The second-order valence-corrected chi connectivity index (χ2v) is 5.73. The summed E-state index contributed by atoms with van der Waals surface area (Å²) in [6.07, 6.45) is 11.0. The molecule has 1 saturated carbocycles. The zero-order valence-corrected chi connectivity index (χ0v) is 9.19. The zero-order valence-electron chi connectivity index (χ0n) is 8.30. The van der Waals surface area contributed by atoms with E-state index in [9.17, 15) is 0 Å². The molecule has 0 aliphatic heterocycles. The summed E-state index contributed by atoms with van der Waals surface area (Å²) in [5.41, 5.74) is 0.609. The van der Waals surface area contributed by atoms with Crippen LogP contribution in [0.3, 0.4) is 0 Å². The van der Waals surface area contributed by atoms with E-state index in [1.54, 1.807) is 0 Å². The van der Waals surface area contributed by atoms with Crippen molar-refractivity contribution in [3.8, 4) is 0 Å². The maximum absolute atomic E-state index is 2.34. The summed E-state index contributed by atoms with van der Waals surface area (Å²) in [7, 11) is -0.0874. The summed E-state index contributed by atoms with van der Waals surface area (Å²) in [5, 5.41) is 1.48. The van der Waals surface area contributed by atoms with E-state index in [0.29, 0.717) is 5.66 Å². The third-order valence-corrected chi connectivity index (χ3v) is 4.80. The first-order valence-electron chi connectivity index (χ1n) is 4.84. The number of benzene rings is 1. The topological polar surface area (TPSA) is 0 Å². The number of hydrogen-bond donors (Lipinski definition) is 0. The fraction of sp³-hybridized carbons (Fsp3) is 0.154. The minimum Gasteiger partial charge on any atom is -0.0747 e. The SMILES string of the molecule is CP(c1ccccc1)C1[CH][CH][CH][CH][CH]1. The van der Waals surface area contributed by atoms with Crippen molar-refractivity contribution in [3.05, 3.63) is 62.4 Å². The lowest BCUT2D eigenvalue weighted by Crippen LogP contribution is -2.18. The predicted molar refractivity (Wildman–Crippen MR) is 64.2 cm³/mol. The minimum absolute atomic E-state index is 0.0874. The average molecular weight is 201 g/mol. The van der Waals surface area contributed by atoms with Gasteiger partial charge in [0.15, 0.2) is 0 Å². The van der Waals surface area contributed by atoms with E-state index in [1.165, 1.54) is 5.30 Å². The summed E-state index contributed by atoms with van der Waals surface area (Å²) < 4.78 is 0. The third kappa shape index (κ3) is 2.36. The van der Waals surface area contributed by atoms with Crippen molar-refractivity contribution in [2.24, 2.45) is 0 Å². The molecule has 0 heterocycles. The largest absolute Gasteiger partial charge is 0.0747 e. The predicted octanol–water partition coefficient (Wildman–Crippen LogP) is 2.83. The number of rotatable bonds is 2. The first kappa shape index (κ1) is 10.2. The Hall–Kier alpha value is -0.350. The van der Waals surface area contributed by atoms with Gasteiger partial charge in [0.2, 0.25) is 0 Å². The van der Waals surface area contributed by atoms with Gasteiger partial charge in [0, 0.05) is 0 Å². The molecule has 0 aromatic heterocycles. The quantitative estimate of drug-likeness (QED) is 0.645. The smallest absolute Gasteiger partial charge is 0.0103 e. The van der Waals surface area contributed by atoms with Crippen LogP contribution in [-0.2, 0) is 0 Å². The van der Waals surface area contributed by atoms with Crippen LogP contribution in [-0.4, -0.2) is 12.3 Å². The first-order chi connectivity index (χ1) is 6.88. The molecule has 0 N–H and O–H groups in total. The van der Waals surface area contributed by atoms with Crippen molar-refractivity contribution in [1.82, 2.24) is 0 Å². The summed E-state index contributed by atoms with van der Waals surface area (Å²) >= 11 is 0. The van der Waals surface area contributed by atoms with Crippen molar-refractivity contribution in [2.75, 3.05) is 6.66 Å².